The molecule has 1 saturated carbocycles. The third-order valence-electron chi connectivity index (χ3n) is 6.21. The second kappa shape index (κ2) is 9.04. The summed E-state index contributed by atoms with van der Waals surface area (Å²) in [4.78, 5) is 53.4. The molecule has 2 aliphatic rings. The summed E-state index contributed by atoms with van der Waals surface area (Å²) >= 11 is 12.1. The van der Waals surface area contributed by atoms with Crippen LogP contribution < -0.4 is 0 Å². The van der Waals surface area contributed by atoms with E-state index in [2.05, 4.69) is 0 Å². The molecular weight excluding hydrogens is 451 g/mol. The molecule has 2 fully saturated rings. The third kappa shape index (κ3) is 3.93. The van der Waals surface area contributed by atoms with Crippen molar-refractivity contribution in [3.05, 3.63) is 69.7 Å². The molecule has 2 aromatic rings. The molecule has 1 saturated heterocycles. The molecule has 0 radical (unpaired) electrons. The van der Waals surface area contributed by atoms with Crippen molar-refractivity contribution in [3.63, 3.8) is 0 Å². The van der Waals surface area contributed by atoms with Gasteiger partial charge in [-0.2, -0.15) is 5.01 Å². The van der Waals surface area contributed by atoms with Crippen molar-refractivity contribution in [1.82, 2.24) is 10.0 Å². The van der Waals surface area contributed by atoms with Crippen LogP contribution in [0.25, 0.3) is 0 Å². The normalized spacial score (nSPS) is 21.3. The first-order valence-corrected chi connectivity index (χ1v) is 11.3. The highest BCUT2D eigenvalue weighted by molar-refractivity contribution is 6.42. The van der Waals surface area contributed by atoms with Crippen LogP contribution in [0.15, 0.2) is 48.5 Å². The van der Waals surface area contributed by atoms with Crippen LogP contribution >= 0.6 is 23.2 Å². The van der Waals surface area contributed by atoms with E-state index >= 15 is 0 Å². The maximum atomic E-state index is 13.6. The van der Waals surface area contributed by atoms with E-state index < -0.39 is 35.6 Å². The van der Waals surface area contributed by atoms with Crippen LogP contribution in [0.4, 0.5) is 0 Å². The second-order valence-corrected chi connectivity index (χ2v) is 8.98. The highest BCUT2D eigenvalue weighted by Gasteiger charge is 2.53. The largest absolute Gasteiger partial charge is 0.292 e. The Morgan fingerprint density at radius 2 is 1.50 bits per heavy atom. The lowest BCUT2D eigenvalue weighted by atomic mass is 9.81. The quantitative estimate of drug-likeness (QED) is 0.462. The Balaban J connectivity index is 1.76. The smallest absolute Gasteiger partial charge is 0.273 e. The standard InChI is InChI=1S/C24H22Cl2N2O4/c1-14(21(29)15-7-3-2-4-8-15)27(22(30)16-11-12-19(25)20(26)13-16)28-23(31)17-9-5-6-10-18(17)24(28)32/h2-4,7-8,11-14,17-18H,5-6,9-10H2,1H3/t14-,17-,18+/m1/s1. The van der Waals surface area contributed by atoms with Gasteiger partial charge in [-0.3, -0.25) is 19.2 Å². The molecule has 6 nitrogen and oxygen atoms in total. The van der Waals surface area contributed by atoms with Gasteiger partial charge in [-0.1, -0.05) is 66.4 Å². The summed E-state index contributed by atoms with van der Waals surface area (Å²) < 4.78 is 0. The van der Waals surface area contributed by atoms with Gasteiger partial charge in [0, 0.05) is 11.1 Å². The summed E-state index contributed by atoms with van der Waals surface area (Å²) in [6.45, 7) is 1.52. The fourth-order valence-electron chi connectivity index (χ4n) is 4.51. The van der Waals surface area contributed by atoms with Gasteiger partial charge in [0.25, 0.3) is 17.7 Å². The van der Waals surface area contributed by atoms with Crippen LogP contribution in [0.1, 0.15) is 53.3 Å². The van der Waals surface area contributed by atoms with E-state index in [1.165, 1.54) is 25.1 Å². The number of imide groups is 1. The van der Waals surface area contributed by atoms with Crippen molar-refractivity contribution in [1.29, 1.82) is 0 Å². The Hall–Kier alpha value is -2.70. The number of benzene rings is 2. The summed E-state index contributed by atoms with van der Waals surface area (Å²) in [5, 5.41) is 2.32. The zero-order valence-corrected chi connectivity index (χ0v) is 19.0. The molecule has 3 amide bonds. The Morgan fingerprint density at radius 3 is 2.06 bits per heavy atom. The van der Waals surface area contributed by atoms with Gasteiger partial charge in [-0.15, -0.1) is 0 Å². The Bertz CT molecular complexity index is 1060. The molecule has 1 aliphatic carbocycles. The van der Waals surface area contributed by atoms with Gasteiger partial charge >= 0.3 is 0 Å². The number of hydrazine groups is 1. The predicted octanol–water partition coefficient (Wildman–Crippen LogP) is 4.80. The molecule has 8 heteroatoms. The number of hydrogen-bond donors (Lipinski definition) is 0. The summed E-state index contributed by atoms with van der Waals surface area (Å²) in [6.07, 6.45) is 2.91. The summed E-state index contributed by atoms with van der Waals surface area (Å²) in [5.41, 5.74) is 0.506. The Morgan fingerprint density at radius 1 is 0.906 bits per heavy atom. The average Bonchev–Trinajstić information content (AvgIpc) is 3.06. The van der Waals surface area contributed by atoms with Crippen molar-refractivity contribution >= 4 is 46.7 Å². The number of halogens is 2. The number of ketones is 1. The number of fused-ring (bicyclic) bond motifs is 1. The number of hydrogen-bond acceptors (Lipinski definition) is 4. The first kappa shape index (κ1) is 22.5. The van der Waals surface area contributed by atoms with Crippen LogP contribution in [-0.2, 0) is 9.59 Å². The van der Waals surface area contributed by atoms with Gasteiger partial charge in [0.1, 0.15) is 6.04 Å². The minimum Gasteiger partial charge on any atom is -0.292 e. The molecule has 1 aliphatic heterocycles. The molecule has 0 aromatic heterocycles. The van der Waals surface area contributed by atoms with E-state index in [-0.39, 0.29) is 21.4 Å². The van der Waals surface area contributed by atoms with Gasteiger partial charge in [0.05, 0.1) is 21.9 Å². The minimum atomic E-state index is -1.09. The van der Waals surface area contributed by atoms with Gasteiger partial charge in [-0.05, 0) is 38.0 Å². The second-order valence-electron chi connectivity index (χ2n) is 8.17. The van der Waals surface area contributed by atoms with E-state index in [0.29, 0.717) is 18.4 Å². The molecule has 0 spiro atoms. The fourth-order valence-corrected chi connectivity index (χ4v) is 4.81. The highest BCUT2D eigenvalue weighted by atomic mass is 35.5. The summed E-state index contributed by atoms with van der Waals surface area (Å²) in [6, 6.07) is 11.7. The van der Waals surface area contributed by atoms with Gasteiger partial charge in [-0.25, -0.2) is 5.01 Å². The van der Waals surface area contributed by atoms with Crippen molar-refractivity contribution in [2.45, 2.75) is 38.6 Å². The Labute approximate surface area is 196 Å². The molecular formula is C24H22Cl2N2O4. The highest BCUT2D eigenvalue weighted by Crippen LogP contribution is 2.39. The maximum Gasteiger partial charge on any atom is 0.273 e. The van der Waals surface area contributed by atoms with Gasteiger partial charge < -0.3 is 0 Å². The fraction of sp³-hybridized carbons (Fsp3) is 0.333. The van der Waals surface area contributed by atoms with Gasteiger partial charge in [0.2, 0.25) is 0 Å². The number of amides is 3. The third-order valence-corrected chi connectivity index (χ3v) is 6.95. The van der Waals surface area contributed by atoms with E-state index in [4.69, 9.17) is 23.2 Å². The molecule has 32 heavy (non-hydrogen) atoms. The lowest BCUT2D eigenvalue weighted by Gasteiger charge is -2.34. The topological polar surface area (TPSA) is 74.8 Å². The SMILES string of the molecule is C[C@H](C(=O)c1ccccc1)N(C(=O)c1ccc(Cl)c(Cl)c1)N1C(=O)[C@H]2CCCC[C@H]2C1=O. The van der Waals surface area contributed by atoms with E-state index in [1.807, 2.05) is 0 Å². The molecule has 0 N–H and O–H groups in total. The molecule has 1 heterocycles. The minimum absolute atomic E-state index is 0.127. The van der Waals surface area contributed by atoms with Gasteiger partial charge in [0.15, 0.2) is 5.78 Å². The number of nitrogens with zero attached hydrogens (tertiary/aromatic N) is 2. The molecule has 3 atom stereocenters. The predicted molar refractivity (Wildman–Crippen MR) is 120 cm³/mol. The maximum absolute atomic E-state index is 13.6. The molecule has 4 rings (SSSR count). The van der Waals surface area contributed by atoms with E-state index in [0.717, 1.165) is 22.9 Å². The molecule has 166 valence electrons. The number of carbonyl (C=O) groups excluding carboxylic acids is 4. The van der Waals surface area contributed by atoms with Crippen LogP contribution in [0.5, 0.6) is 0 Å². The number of Topliss-reactive ketones (excluding diaryl/α,β-unsaturated/α-hetero) is 1. The number of carbonyl (C=O) groups is 4. The molecule has 0 bridgehead atoms. The van der Waals surface area contributed by atoms with Crippen LogP contribution in [0.2, 0.25) is 10.0 Å². The first-order chi connectivity index (χ1) is 15.3. The lowest BCUT2D eigenvalue weighted by Crippen LogP contribution is -2.56. The summed E-state index contributed by atoms with van der Waals surface area (Å²) in [5.74, 6) is -2.82. The van der Waals surface area contributed by atoms with Crippen molar-refractivity contribution in [2.24, 2.45) is 11.8 Å². The van der Waals surface area contributed by atoms with E-state index in [1.54, 1.807) is 30.3 Å². The average molecular weight is 473 g/mol. The Kier molecular flexibility index (Phi) is 6.35. The number of rotatable bonds is 5. The van der Waals surface area contributed by atoms with Crippen LogP contribution in [-0.4, -0.2) is 39.6 Å². The monoisotopic (exact) mass is 472 g/mol. The molecule has 2 aromatic carbocycles. The first-order valence-electron chi connectivity index (χ1n) is 10.6. The van der Waals surface area contributed by atoms with Crippen molar-refractivity contribution in [2.75, 3.05) is 0 Å². The summed E-state index contributed by atoms with van der Waals surface area (Å²) in [7, 11) is 0. The lowest BCUT2D eigenvalue weighted by molar-refractivity contribution is -0.156. The van der Waals surface area contributed by atoms with Crippen LogP contribution in [0.3, 0.4) is 0 Å². The van der Waals surface area contributed by atoms with Crippen molar-refractivity contribution < 1.29 is 19.2 Å². The van der Waals surface area contributed by atoms with Crippen molar-refractivity contribution in [3.8, 4) is 0 Å². The molecule has 0 unspecified atom stereocenters. The zero-order valence-electron chi connectivity index (χ0n) is 17.5. The zero-order chi connectivity index (χ0) is 23.0. The van der Waals surface area contributed by atoms with Crippen LogP contribution in [0, 0.1) is 11.8 Å². The van der Waals surface area contributed by atoms with E-state index in [9.17, 15) is 19.2 Å².